The molecule has 9 heteroatoms. The number of para-hydroxylation sites is 1. The summed E-state index contributed by atoms with van der Waals surface area (Å²) in [6, 6.07) is 15.6. The Labute approximate surface area is 217 Å². The molecule has 3 aliphatic heterocycles. The normalized spacial score (nSPS) is 22.4. The van der Waals surface area contributed by atoms with Gasteiger partial charge in [0, 0.05) is 55.0 Å². The number of aromatic nitrogens is 2. The summed E-state index contributed by atoms with van der Waals surface area (Å²) in [5.41, 5.74) is 3.73. The van der Waals surface area contributed by atoms with Crippen molar-refractivity contribution < 1.29 is 23.7 Å². The molecule has 3 fully saturated rings. The quantitative estimate of drug-likeness (QED) is 0.480. The first-order valence-corrected chi connectivity index (χ1v) is 12.6. The second-order valence-electron chi connectivity index (χ2n) is 9.64. The van der Waals surface area contributed by atoms with E-state index in [0.29, 0.717) is 35.6 Å². The second kappa shape index (κ2) is 10.7. The molecule has 196 valence electrons. The number of nitrogens with one attached hydrogen (secondary N) is 1. The third kappa shape index (κ3) is 5.22. The highest BCUT2D eigenvalue weighted by molar-refractivity contribution is 5.85. The Morgan fingerprint density at radius 2 is 1.81 bits per heavy atom. The summed E-state index contributed by atoms with van der Waals surface area (Å²) in [5.74, 6) is 2.93. The average molecular weight is 507 g/mol. The van der Waals surface area contributed by atoms with Gasteiger partial charge in [-0.1, -0.05) is 12.1 Å². The monoisotopic (exact) mass is 506 g/mol. The Morgan fingerprint density at radius 1 is 1.05 bits per heavy atom. The van der Waals surface area contributed by atoms with Crippen molar-refractivity contribution in [3.8, 4) is 28.5 Å². The standard InChI is InChI=1S/C28H34N4O5/c1-31-26(15-25(30-31)23-7-5-6-8-27(23)36-4)24-16-32-10-9-18(24)11-20(32)17-37-28(33)29-19-12-21(34-2)14-22(13-19)35-3/h5-8,12-15,18,20,24H,9-11,16-17H2,1-4H3,(H,29,33)/t18-,20+,24-/m0/s1. The molecule has 0 saturated carbocycles. The van der Waals surface area contributed by atoms with E-state index in [0.717, 1.165) is 42.9 Å². The van der Waals surface area contributed by atoms with Crippen molar-refractivity contribution in [1.82, 2.24) is 14.7 Å². The van der Waals surface area contributed by atoms with Crippen molar-refractivity contribution in [2.24, 2.45) is 13.0 Å². The van der Waals surface area contributed by atoms with Gasteiger partial charge >= 0.3 is 6.09 Å². The first-order chi connectivity index (χ1) is 18.0. The number of methoxy groups -OCH3 is 3. The molecule has 6 rings (SSSR count). The van der Waals surface area contributed by atoms with Gasteiger partial charge in [0.15, 0.2) is 0 Å². The van der Waals surface area contributed by atoms with E-state index in [1.54, 1.807) is 39.5 Å². The van der Waals surface area contributed by atoms with E-state index in [4.69, 9.17) is 24.0 Å². The largest absolute Gasteiger partial charge is 0.497 e. The van der Waals surface area contributed by atoms with Gasteiger partial charge < -0.3 is 18.9 Å². The van der Waals surface area contributed by atoms with Gasteiger partial charge in [-0.3, -0.25) is 14.9 Å². The molecule has 2 aromatic carbocycles. The summed E-state index contributed by atoms with van der Waals surface area (Å²) in [6.45, 7) is 2.30. The number of fused-ring (bicyclic) bond motifs is 3. The summed E-state index contributed by atoms with van der Waals surface area (Å²) in [6.07, 6.45) is 1.63. The van der Waals surface area contributed by atoms with Crippen LogP contribution in [-0.4, -0.2) is 67.8 Å². The van der Waals surface area contributed by atoms with E-state index in [1.165, 1.54) is 5.69 Å². The zero-order valence-corrected chi connectivity index (χ0v) is 21.8. The fourth-order valence-electron chi connectivity index (χ4n) is 5.67. The number of amides is 1. The van der Waals surface area contributed by atoms with Gasteiger partial charge in [0.1, 0.15) is 23.9 Å². The molecule has 3 aromatic rings. The molecule has 0 radical (unpaired) electrons. The topological polar surface area (TPSA) is 87.1 Å². The number of aryl methyl sites for hydroxylation is 1. The molecular weight excluding hydrogens is 472 g/mol. The lowest BCUT2D eigenvalue weighted by Crippen LogP contribution is -2.54. The summed E-state index contributed by atoms with van der Waals surface area (Å²) >= 11 is 0. The minimum Gasteiger partial charge on any atom is -0.497 e. The Bertz CT molecular complexity index is 1240. The van der Waals surface area contributed by atoms with Gasteiger partial charge in [0.2, 0.25) is 0 Å². The van der Waals surface area contributed by atoms with E-state index in [9.17, 15) is 4.79 Å². The van der Waals surface area contributed by atoms with E-state index in [2.05, 4.69) is 16.3 Å². The van der Waals surface area contributed by atoms with Gasteiger partial charge in [-0.25, -0.2) is 4.79 Å². The van der Waals surface area contributed by atoms with Crippen LogP contribution in [0.3, 0.4) is 0 Å². The number of benzene rings is 2. The Balaban J connectivity index is 1.21. The van der Waals surface area contributed by atoms with Crippen molar-refractivity contribution in [2.45, 2.75) is 24.8 Å². The predicted molar refractivity (Wildman–Crippen MR) is 141 cm³/mol. The van der Waals surface area contributed by atoms with Crippen LogP contribution in [0.2, 0.25) is 0 Å². The number of piperidine rings is 3. The fraction of sp³-hybridized carbons (Fsp3) is 0.429. The number of hydrogen-bond acceptors (Lipinski definition) is 7. The minimum atomic E-state index is -0.484. The zero-order chi connectivity index (χ0) is 25.9. The van der Waals surface area contributed by atoms with Crippen LogP contribution in [-0.2, 0) is 11.8 Å². The number of rotatable bonds is 8. The molecule has 2 bridgehead atoms. The lowest BCUT2D eigenvalue weighted by atomic mass is 9.74. The maximum Gasteiger partial charge on any atom is 0.411 e. The fourth-order valence-corrected chi connectivity index (χ4v) is 5.67. The first kappa shape index (κ1) is 25.0. The van der Waals surface area contributed by atoms with Crippen LogP contribution < -0.4 is 19.5 Å². The zero-order valence-electron chi connectivity index (χ0n) is 21.8. The summed E-state index contributed by atoms with van der Waals surface area (Å²) in [7, 11) is 6.85. The molecule has 9 nitrogen and oxygen atoms in total. The predicted octanol–water partition coefficient (Wildman–Crippen LogP) is 4.54. The average Bonchev–Trinajstić information content (AvgIpc) is 3.32. The van der Waals surface area contributed by atoms with Gasteiger partial charge in [-0.05, 0) is 43.5 Å². The maximum atomic E-state index is 12.5. The van der Waals surface area contributed by atoms with Crippen LogP contribution in [0.1, 0.15) is 24.5 Å². The third-order valence-electron chi connectivity index (χ3n) is 7.56. The van der Waals surface area contributed by atoms with E-state index >= 15 is 0 Å². The molecule has 37 heavy (non-hydrogen) atoms. The summed E-state index contributed by atoms with van der Waals surface area (Å²) < 4.78 is 23.7. The molecule has 1 unspecified atom stereocenters. The number of nitrogens with zero attached hydrogens (tertiary/aromatic N) is 3. The number of hydrogen-bond donors (Lipinski definition) is 1. The lowest BCUT2D eigenvalue weighted by Gasteiger charge is -2.49. The Kier molecular flexibility index (Phi) is 7.23. The maximum absolute atomic E-state index is 12.5. The van der Waals surface area contributed by atoms with Crippen LogP contribution in [0, 0.1) is 5.92 Å². The van der Waals surface area contributed by atoms with Crippen molar-refractivity contribution >= 4 is 11.8 Å². The van der Waals surface area contributed by atoms with Crippen molar-refractivity contribution in [3.05, 3.63) is 54.2 Å². The summed E-state index contributed by atoms with van der Waals surface area (Å²) in [5, 5.41) is 7.60. The molecule has 1 aromatic heterocycles. The van der Waals surface area contributed by atoms with Crippen molar-refractivity contribution in [2.75, 3.05) is 46.3 Å². The molecule has 3 aliphatic rings. The molecule has 0 aliphatic carbocycles. The molecule has 4 atom stereocenters. The molecule has 3 saturated heterocycles. The number of carbonyl (C=O) groups is 1. The lowest BCUT2D eigenvalue weighted by molar-refractivity contribution is -0.00222. The van der Waals surface area contributed by atoms with Crippen LogP contribution in [0.25, 0.3) is 11.3 Å². The molecule has 0 spiro atoms. The van der Waals surface area contributed by atoms with Crippen LogP contribution in [0.5, 0.6) is 17.2 Å². The van der Waals surface area contributed by atoms with E-state index in [-0.39, 0.29) is 6.04 Å². The smallest absolute Gasteiger partial charge is 0.411 e. The van der Waals surface area contributed by atoms with Gasteiger partial charge in [-0.15, -0.1) is 0 Å². The number of anilines is 1. The van der Waals surface area contributed by atoms with E-state index in [1.807, 2.05) is 36.0 Å². The third-order valence-corrected chi connectivity index (χ3v) is 7.56. The van der Waals surface area contributed by atoms with Crippen LogP contribution in [0.15, 0.2) is 48.5 Å². The Morgan fingerprint density at radius 3 is 2.49 bits per heavy atom. The van der Waals surface area contributed by atoms with Crippen LogP contribution in [0.4, 0.5) is 10.5 Å². The second-order valence-corrected chi connectivity index (χ2v) is 9.64. The molecule has 4 heterocycles. The molecule has 1 amide bonds. The highest BCUT2D eigenvalue weighted by atomic mass is 16.5. The highest BCUT2D eigenvalue weighted by Crippen LogP contribution is 2.43. The van der Waals surface area contributed by atoms with Crippen molar-refractivity contribution in [1.29, 1.82) is 0 Å². The van der Waals surface area contributed by atoms with E-state index < -0.39 is 6.09 Å². The van der Waals surface area contributed by atoms with Crippen molar-refractivity contribution in [3.63, 3.8) is 0 Å². The Hall–Kier alpha value is -3.72. The first-order valence-electron chi connectivity index (χ1n) is 12.6. The molecule has 1 N–H and O–H groups in total. The van der Waals surface area contributed by atoms with Gasteiger partial charge in [0.05, 0.1) is 32.7 Å². The highest BCUT2D eigenvalue weighted by Gasteiger charge is 2.42. The number of carbonyl (C=O) groups excluding carboxylic acids is 1. The molecular formula is C28H34N4O5. The van der Waals surface area contributed by atoms with Gasteiger partial charge in [-0.2, -0.15) is 5.10 Å². The van der Waals surface area contributed by atoms with Crippen LogP contribution >= 0.6 is 0 Å². The summed E-state index contributed by atoms with van der Waals surface area (Å²) in [4.78, 5) is 15.0. The number of ether oxygens (including phenoxy) is 4. The SMILES string of the molecule is COc1cc(NC(=O)OC[C@H]2C[C@@H]3CCN2C[C@@H]3c2cc(-c3ccccc3OC)nn2C)cc(OC)c1. The van der Waals surface area contributed by atoms with Gasteiger partial charge in [0.25, 0.3) is 0 Å². The minimum absolute atomic E-state index is 0.211.